The molecule has 0 amide bonds. The molecule has 0 aliphatic rings. The van der Waals surface area contributed by atoms with Crippen LogP contribution in [0.2, 0.25) is 0 Å². The molecular weight excluding hydrogens is 283 g/mol. The van der Waals surface area contributed by atoms with E-state index in [1.165, 1.54) is 10.7 Å². The van der Waals surface area contributed by atoms with Crippen molar-refractivity contribution in [1.29, 1.82) is 0 Å². The van der Waals surface area contributed by atoms with Gasteiger partial charge in [-0.2, -0.15) is 5.10 Å². The zero-order valence-electron chi connectivity index (χ0n) is 7.37. The van der Waals surface area contributed by atoms with Crippen molar-refractivity contribution in [3.63, 3.8) is 0 Å². The lowest BCUT2D eigenvalue weighted by Gasteiger charge is -2.03. The maximum atomic E-state index is 13.2. The Kier molecular flexibility index (Phi) is 2.57. The molecule has 1 aromatic heterocycles. The molecule has 7 heteroatoms. The highest BCUT2D eigenvalue weighted by Crippen LogP contribution is 2.28. The molecule has 0 atom stereocenters. The molecule has 0 radical (unpaired) electrons. The lowest BCUT2D eigenvalue weighted by molar-refractivity contribution is 0.621. The number of halogens is 2. The van der Waals surface area contributed by atoms with Crippen LogP contribution < -0.4 is 5.84 Å². The van der Waals surface area contributed by atoms with Crippen LogP contribution in [0, 0.1) is 10.6 Å². The van der Waals surface area contributed by atoms with Crippen molar-refractivity contribution < 1.29 is 4.39 Å². The molecule has 0 fully saturated rings. The minimum absolute atomic E-state index is 0.279. The van der Waals surface area contributed by atoms with Gasteiger partial charge in [0.25, 0.3) is 0 Å². The maximum absolute atomic E-state index is 13.2. The van der Waals surface area contributed by atoms with Gasteiger partial charge in [0.1, 0.15) is 5.82 Å². The zero-order valence-corrected chi connectivity index (χ0v) is 9.77. The average molecular weight is 289 g/mol. The van der Waals surface area contributed by atoms with Gasteiger partial charge in [0, 0.05) is 5.56 Å². The van der Waals surface area contributed by atoms with Crippen molar-refractivity contribution in [3.05, 3.63) is 33.3 Å². The highest BCUT2D eigenvalue weighted by molar-refractivity contribution is 9.10. The van der Waals surface area contributed by atoms with Gasteiger partial charge in [-0.1, -0.05) is 6.07 Å². The van der Waals surface area contributed by atoms with E-state index in [0.29, 0.717) is 15.9 Å². The number of rotatable bonds is 1. The van der Waals surface area contributed by atoms with Crippen LogP contribution in [0.25, 0.3) is 11.4 Å². The predicted molar refractivity (Wildman–Crippen MR) is 60.7 cm³/mol. The number of aromatic nitrogens is 3. The third-order valence-corrected chi connectivity index (χ3v) is 2.99. The smallest absolute Gasteiger partial charge is 0.214 e. The van der Waals surface area contributed by atoms with Crippen molar-refractivity contribution in [2.45, 2.75) is 0 Å². The molecule has 0 saturated heterocycles. The van der Waals surface area contributed by atoms with Gasteiger partial charge in [0.2, 0.25) is 4.77 Å². The minimum Gasteiger partial charge on any atom is -0.335 e. The molecule has 2 aromatic rings. The zero-order chi connectivity index (χ0) is 11.0. The fraction of sp³-hybridized carbons (Fsp3) is 0. The summed E-state index contributed by atoms with van der Waals surface area (Å²) in [5, 5.41) is 6.44. The van der Waals surface area contributed by atoms with E-state index >= 15 is 0 Å². The number of nitrogens with zero attached hydrogens (tertiary/aromatic N) is 2. The lowest BCUT2D eigenvalue weighted by Crippen LogP contribution is -2.10. The first-order chi connectivity index (χ1) is 7.11. The van der Waals surface area contributed by atoms with Crippen LogP contribution >= 0.6 is 28.1 Å². The number of nitrogens with two attached hydrogens (primary N) is 1. The topological polar surface area (TPSA) is 59.6 Å². The second kappa shape index (κ2) is 3.74. The fourth-order valence-corrected chi connectivity index (χ4v) is 1.74. The van der Waals surface area contributed by atoms with Gasteiger partial charge < -0.3 is 5.84 Å². The number of hydrogen-bond acceptors (Lipinski definition) is 3. The van der Waals surface area contributed by atoms with Crippen molar-refractivity contribution in [3.8, 4) is 11.4 Å². The van der Waals surface area contributed by atoms with Crippen LogP contribution in [-0.4, -0.2) is 14.9 Å². The van der Waals surface area contributed by atoms with Crippen molar-refractivity contribution in [1.82, 2.24) is 14.9 Å². The second-order valence-electron chi connectivity index (χ2n) is 2.82. The van der Waals surface area contributed by atoms with Gasteiger partial charge >= 0.3 is 0 Å². The molecular formula is C8H6BrFN4S. The van der Waals surface area contributed by atoms with Crippen molar-refractivity contribution >= 4 is 28.1 Å². The summed E-state index contributed by atoms with van der Waals surface area (Å²) < 4.78 is 15.0. The molecule has 15 heavy (non-hydrogen) atoms. The molecule has 0 aliphatic carbocycles. The molecule has 0 saturated carbocycles. The summed E-state index contributed by atoms with van der Waals surface area (Å²) in [6, 6.07) is 4.62. The minimum atomic E-state index is -0.374. The second-order valence-corrected chi connectivity index (χ2v) is 4.00. The Morgan fingerprint density at radius 2 is 2.27 bits per heavy atom. The molecule has 4 nitrogen and oxygen atoms in total. The van der Waals surface area contributed by atoms with E-state index in [2.05, 4.69) is 26.1 Å². The Bertz CT molecular complexity index is 562. The van der Waals surface area contributed by atoms with E-state index in [1.807, 2.05) is 0 Å². The number of benzene rings is 1. The summed E-state index contributed by atoms with van der Waals surface area (Å²) in [6.45, 7) is 0. The van der Waals surface area contributed by atoms with E-state index in [4.69, 9.17) is 18.1 Å². The average Bonchev–Trinajstić information content (AvgIpc) is 2.53. The summed E-state index contributed by atoms with van der Waals surface area (Å²) in [6.07, 6.45) is 0. The number of aromatic amines is 1. The molecule has 2 rings (SSSR count). The van der Waals surface area contributed by atoms with Crippen LogP contribution in [0.15, 0.2) is 22.7 Å². The van der Waals surface area contributed by atoms with Crippen LogP contribution in [0.4, 0.5) is 4.39 Å². The van der Waals surface area contributed by atoms with E-state index in [9.17, 15) is 4.39 Å². The summed E-state index contributed by atoms with van der Waals surface area (Å²) in [4.78, 5) is 0. The monoisotopic (exact) mass is 288 g/mol. The van der Waals surface area contributed by atoms with E-state index in [-0.39, 0.29) is 10.6 Å². The number of nitrogen functional groups attached to an aromatic ring is 1. The molecule has 78 valence electrons. The number of hydrogen-bond donors (Lipinski definition) is 2. The SMILES string of the molecule is Nn1c(-c2cccc(F)c2Br)n[nH]c1=S. The summed E-state index contributed by atoms with van der Waals surface area (Å²) >= 11 is 7.99. The van der Waals surface area contributed by atoms with Gasteiger partial charge in [-0.3, -0.25) is 0 Å². The molecule has 0 aliphatic heterocycles. The molecule has 1 aromatic carbocycles. The Morgan fingerprint density at radius 3 is 2.87 bits per heavy atom. The summed E-state index contributed by atoms with van der Waals surface area (Å²) in [5.74, 6) is 5.64. The normalized spacial score (nSPS) is 10.5. The molecule has 3 N–H and O–H groups in total. The van der Waals surface area contributed by atoms with Crippen LogP contribution in [0.1, 0.15) is 0 Å². The van der Waals surface area contributed by atoms with E-state index in [1.54, 1.807) is 12.1 Å². The van der Waals surface area contributed by atoms with E-state index < -0.39 is 0 Å². The van der Waals surface area contributed by atoms with Crippen LogP contribution in [0.5, 0.6) is 0 Å². The maximum Gasteiger partial charge on any atom is 0.214 e. The van der Waals surface area contributed by atoms with Gasteiger partial charge in [-0.05, 0) is 40.3 Å². The highest BCUT2D eigenvalue weighted by atomic mass is 79.9. The number of nitrogens with one attached hydrogen (secondary N) is 1. The van der Waals surface area contributed by atoms with Gasteiger partial charge in [-0.15, -0.1) is 0 Å². The molecule has 0 unspecified atom stereocenters. The Balaban J connectivity index is 2.69. The van der Waals surface area contributed by atoms with Gasteiger partial charge in [0.05, 0.1) is 4.47 Å². The van der Waals surface area contributed by atoms with Crippen LogP contribution in [0.3, 0.4) is 0 Å². The lowest BCUT2D eigenvalue weighted by atomic mass is 10.2. The highest BCUT2D eigenvalue weighted by Gasteiger charge is 2.12. The van der Waals surface area contributed by atoms with Crippen LogP contribution in [-0.2, 0) is 0 Å². The predicted octanol–water partition coefficient (Wildman–Crippen LogP) is 2.22. The standard InChI is InChI=1S/C8H6BrFN4S/c9-6-4(2-1-3-5(6)10)7-12-13-8(15)14(7)11/h1-3H,11H2,(H,13,15). The first-order valence-electron chi connectivity index (χ1n) is 3.98. The Hall–Kier alpha value is -1.21. The third kappa shape index (κ3) is 1.68. The fourth-order valence-electron chi connectivity index (χ4n) is 1.17. The Morgan fingerprint density at radius 1 is 1.53 bits per heavy atom. The molecule has 0 spiro atoms. The molecule has 1 heterocycles. The molecule has 0 bridgehead atoms. The van der Waals surface area contributed by atoms with Gasteiger partial charge in [-0.25, -0.2) is 14.2 Å². The van der Waals surface area contributed by atoms with Crippen molar-refractivity contribution in [2.75, 3.05) is 5.84 Å². The first-order valence-corrected chi connectivity index (χ1v) is 5.18. The largest absolute Gasteiger partial charge is 0.335 e. The van der Waals surface area contributed by atoms with E-state index in [0.717, 1.165) is 0 Å². The summed E-state index contributed by atoms with van der Waals surface area (Å²) in [7, 11) is 0. The summed E-state index contributed by atoms with van der Waals surface area (Å²) in [5.41, 5.74) is 0.546. The first kappa shape index (κ1) is 10.3. The van der Waals surface area contributed by atoms with Crippen molar-refractivity contribution in [2.24, 2.45) is 0 Å². The number of H-pyrrole nitrogens is 1. The Labute approximate surface area is 98.0 Å². The quantitative estimate of drug-likeness (QED) is 0.625. The van der Waals surface area contributed by atoms with Gasteiger partial charge in [0.15, 0.2) is 5.82 Å². The third-order valence-electron chi connectivity index (χ3n) is 1.90.